The molecule has 3 heterocycles. The van der Waals surface area contributed by atoms with E-state index < -0.39 is 9.84 Å². The van der Waals surface area contributed by atoms with Crippen molar-refractivity contribution in [3.05, 3.63) is 36.2 Å². The van der Waals surface area contributed by atoms with Crippen molar-refractivity contribution in [1.29, 1.82) is 0 Å². The van der Waals surface area contributed by atoms with Gasteiger partial charge in [-0.15, -0.1) is 10.2 Å². The lowest BCUT2D eigenvalue weighted by atomic mass is 10.1. The molecule has 10 heteroatoms. The third-order valence-electron chi connectivity index (χ3n) is 6.68. The molecule has 0 bridgehead atoms. The van der Waals surface area contributed by atoms with Gasteiger partial charge in [0.15, 0.2) is 20.8 Å². The summed E-state index contributed by atoms with van der Waals surface area (Å²) >= 11 is 1.40. The maximum absolute atomic E-state index is 13.2. The van der Waals surface area contributed by atoms with Gasteiger partial charge in [-0.1, -0.05) is 36.4 Å². The first-order valence-electron chi connectivity index (χ1n) is 11.9. The summed E-state index contributed by atoms with van der Waals surface area (Å²) in [5.74, 6) is 1.41. The van der Waals surface area contributed by atoms with Gasteiger partial charge in [-0.2, -0.15) is 0 Å². The van der Waals surface area contributed by atoms with E-state index in [1.54, 1.807) is 0 Å². The molecule has 1 saturated carbocycles. The Labute approximate surface area is 199 Å². The smallest absolute Gasteiger partial charge is 0.233 e. The second-order valence-corrected chi connectivity index (χ2v) is 12.5. The zero-order valence-corrected chi connectivity index (χ0v) is 20.4. The van der Waals surface area contributed by atoms with Gasteiger partial charge < -0.3 is 4.90 Å². The van der Waals surface area contributed by atoms with Crippen LogP contribution in [0.2, 0.25) is 0 Å². The molecular formula is C23H31N5O3S2. The van der Waals surface area contributed by atoms with Crippen molar-refractivity contribution in [2.45, 2.75) is 62.3 Å². The molecule has 1 aromatic carbocycles. The van der Waals surface area contributed by atoms with Gasteiger partial charge in [0.1, 0.15) is 0 Å². The monoisotopic (exact) mass is 489 g/mol. The summed E-state index contributed by atoms with van der Waals surface area (Å²) in [4.78, 5) is 17.5. The average molecular weight is 490 g/mol. The Hall–Kier alpha value is -1.91. The van der Waals surface area contributed by atoms with Crippen LogP contribution in [0.25, 0.3) is 5.69 Å². The largest absolute Gasteiger partial charge is 0.335 e. The van der Waals surface area contributed by atoms with Crippen LogP contribution >= 0.6 is 11.8 Å². The van der Waals surface area contributed by atoms with E-state index in [1.807, 2.05) is 35.2 Å². The molecule has 0 N–H and O–H groups in total. The number of thioether (sulfide) groups is 1. The molecule has 0 spiro atoms. The summed E-state index contributed by atoms with van der Waals surface area (Å²) in [6.07, 6.45) is 6.19. The van der Waals surface area contributed by atoms with Crippen LogP contribution < -0.4 is 0 Å². The Morgan fingerprint density at radius 1 is 1.03 bits per heavy atom. The van der Waals surface area contributed by atoms with Crippen LogP contribution in [-0.2, 0) is 21.2 Å². The SMILES string of the molecule is O=C(CSc1nnc(CN2CCCCC2)n1-c1ccccc1)N(C1CC1)C1CCS(=O)(=O)C1. The third-order valence-corrected chi connectivity index (χ3v) is 9.35. The van der Waals surface area contributed by atoms with Crippen LogP contribution in [0.5, 0.6) is 0 Å². The Kier molecular flexibility index (Phi) is 6.76. The van der Waals surface area contributed by atoms with Crippen molar-refractivity contribution >= 4 is 27.5 Å². The molecule has 8 nitrogen and oxygen atoms in total. The zero-order chi connectivity index (χ0) is 22.8. The summed E-state index contributed by atoms with van der Waals surface area (Å²) < 4.78 is 26.0. The Morgan fingerprint density at radius 3 is 2.45 bits per heavy atom. The Balaban J connectivity index is 1.33. The normalized spacial score (nSPS) is 23.0. The highest BCUT2D eigenvalue weighted by Gasteiger charge is 2.42. The molecule has 1 atom stereocenters. The molecule has 1 aromatic heterocycles. The van der Waals surface area contributed by atoms with Gasteiger partial charge in [-0.3, -0.25) is 14.3 Å². The molecule has 33 heavy (non-hydrogen) atoms. The minimum Gasteiger partial charge on any atom is -0.335 e. The number of aromatic nitrogens is 3. The first-order chi connectivity index (χ1) is 16.0. The minimum atomic E-state index is -3.03. The van der Waals surface area contributed by atoms with E-state index >= 15 is 0 Å². The van der Waals surface area contributed by atoms with E-state index in [1.165, 1.54) is 31.0 Å². The summed E-state index contributed by atoms with van der Waals surface area (Å²) in [5, 5.41) is 9.66. The van der Waals surface area contributed by atoms with E-state index in [-0.39, 0.29) is 35.2 Å². The van der Waals surface area contributed by atoms with Crippen molar-refractivity contribution in [3.8, 4) is 5.69 Å². The van der Waals surface area contributed by atoms with Crippen LogP contribution in [0.3, 0.4) is 0 Å². The van der Waals surface area contributed by atoms with E-state index in [0.29, 0.717) is 11.6 Å². The molecule has 1 aliphatic carbocycles. The molecule has 2 aromatic rings. The van der Waals surface area contributed by atoms with Gasteiger partial charge in [0.25, 0.3) is 0 Å². The number of carbonyl (C=O) groups excluding carboxylic acids is 1. The van der Waals surface area contributed by atoms with Gasteiger partial charge in [-0.25, -0.2) is 8.42 Å². The van der Waals surface area contributed by atoms with E-state index in [0.717, 1.165) is 44.0 Å². The Bertz CT molecular complexity index is 1080. The molecule has 178 valence electrons. The van der Waals surface area contributed by atoms with Crippen molar-refractivity contribution in [1.82, 2.24) is 24.6 Å². The fourth-order valence-corrected chi connectivity index (χ4v) is 7.46. The van der Waals surface area contributed by atoms with Crippen molar-refractivity contribution in [2.75, 3.05) is 30.3 Å². The molecule has 2 aliphatic heterocycles. The van der Waals surface area contributed by atoms with Gasteiger partial charge in [0, 0.05) is 17.8 Å². The maximum Gasteiger partial charge on any atom is 0.233 e. The Morgan fingerprint density at radius 2 is 1.79 bits per heavy atom. The number of sulfone groups is 1. The summed E-state index contributed by atoms with van der Waals surface area (Å²) in [6.45, 7) is 2.89. The zero-order valence-electron chi connectivity index (χ0n) is 18.8. The number of hydrogen-bond donors (Lipinski definition) is 0. The second-order valence-electron chi connectivity index (χ2n) is 9.28. The topological polar surface area (TPSA) is 88.4 Å². The van der Waals surface area contributed by atoms with Gasteiger partial charge in [-0.05, 0) is 57.3 Å². The van der Waals surface area contributed by atoms with Crippen LogP contribution in [0.4, 0.5) is 0 Å². The summed E-state index contributed by atoms with van der Waals surface area (Å²) in [7, 11) is -3.03. The quantitative estimate of drug-likeness (QED) is 0.527. The first kappa shape index (κ1) is 22.9. The summed E-state index contributed by atoms with van der Waals surface area (Å²) in [6, 6.07) is 10.1. The van der Waals surface area contributed by atoms with Gasteiger partial charge >= 0.3 is 0 Å². The molecule has 1 amide bonds. The number of rotatable bonds is 8. The van der Waals surface area contributed by atoms with Crippen LogP contribution in [0.1, 0.15) is 44.3 Å². The average Bonchev–Trinajstić information content (AvgIpc) is 3.47. The van der Waals surface area contributed by atoms with Crippen molar-refractivity contribution < 1.29 is 13.2 Å². The molecule has 1 unspecified atom stereocenters. The number of likely N-dealkylation sites (tertiary alicyclic amines) is 1. The predicted molar refractivity (Wildman–Crippen MR) is 128 cm³/mol. The van der Waals surface area contributed by atoms with E-state index in [2.05, 4.69) is 19.7 Å². The number of para-hydroxylation sites is 1. The molecule has 3 fully saturated rings. The van der Waals surface area contributed by atoms with E-state index in [4.69, 9.17) is 0 Å². The van der Waals surface area contributed by atoms with Crippen LogP contribution in [-0.4, -0.2) is 81.3 Å². The number of hydrogen-bond acceptors (Lipinski definition) is 7. The molecule has 5 rings (SSSR count). The standard InChI is InChI=1S/C23H31N5O3S2/c29-22(27(19-9-10-19)20-11-14-33(30,31)17-20)16-32-23-25-24-21(15-26-12-5-2-6-13-26)28(23)18-7-3-1-4-8-18/h1,3-4,7-8,19-20H,2,5-6,9-17H2. The fraction of sp³-hybridized carbons (Fsp3) is 0.609. The lowest BCUT2D eigenvalue weighted by Crippen LogP contribution is -2.43. The number of carbonyl (C=O) groups is 1. The highest BCUT2D eigenvalue weighted by atomic mass is 32.2. The number of amides is 1. The lowest BCUT2D eigenvalue weighted by Gasteiger charge is -2.28. The highest BCUT2D eigenvalue weighted by Crippen LogP contribution is 2.33. The number of piperidine rings is 1. The number of nitrogens with zero attached hydrogens (tertiary/aromatic N) is 5. The molecule has 2 saturated heterocycles. The first-order valence-corrected chi connectivity index (χ1v) is 14.7. The molecule has 3 aliphatic rings. The molecule has 0 radical (unpaired) electrons. The van der Waals surface area contributed by atoms with Crippen molar-refractivity contribution in [2.24, 2.45) is 0 Å². The van der Waals surface area contributed by atoms with E-state index in [9.17, 15) is 13.2 Å². The van der Waals surface area contributed by atoms with Crippen LogP contribution in [0.15, 0.2) is 35.5 Å². The number of benzene rings is 1. The lowest BCUT2D eigenvalue weighted by molar-refractivity contribution is -0.130. The van der Waals surface area contributed by atoms with Gasteiger partial charge in [0.05, 0.1) is 23.8 Å². The minimum absolute atomic E-state index is 0.00444. The second kappa shape index (κ2) is 9.76. The van der Waals surface area contributed by atoms with Crippen molar-refractivity contribution in [3.63, 3.8) is 0 Å². The van der Waals surface area contributed by atoms with Gasteiger partial charge in [0.2, 0.25) is 5.91 Å². The predicted octanol–water partition coefficient (Wildman–Crippen LogP) is 2.52. The van der Waals surface area contributed by atoms with Crippen LogP contribution in [0, 0.1) is 0 Å². The third kappa shape index (κ3) is 5.44. The fourth-order valence-electron chi connectivity index (χ4n) is 4.90. The maximum atomic E-state index is 13.2. The highest BCUT2D eigenvalue weighted by molar-refractivity contribution is 7.99. The molecular weight excluding hydrogens is 458 g/mol. The summed E-state index contributed by atoms with van der Waals surface area (Å²) in [5.41, 5.74) is 0.991.